The maximum Gasteiger partial charge on any atom is 0.255 e. The minimum Gasteiger partial charge on any atom is -0.493 e. The first-order valence-corrected chi connectivity index (χ1v) is 12.5. The number of hydrogen-bond donors (Lipinski definition) is 3. The molecule has 2 heterocycles. The lowest BCUT2D eigenvalue weighted by Gasteiger charge is -2.17. The Labute approximate surface area is 231 Å². The van der Waals surface area contributed by atoms with Gasteiger partial charge in [0.1, 0.15) is 0 Å². The predicted octanol–water partition coefficient (Wildman–Crippen LogP) is 5.08. The van der Waals surface area contributed by atoms with Crippen LogP contribution in [-0.4, -0.2) is 47.5 Å². The molecule has 0 saturated carbocycles. The summed E-state index contributed by atoms with van der Waals surface area (Å²) in [5.74, 6) is 1.10. The van der Waals surface area contributed by atoms with Crippen molar-refractivity contribution >= 4 is 34.7 Å². The van der Waals surface area contributed by atoms with Crippen LogP contribution in [0.15, 0.2) is 79.3 Å². The van der Waals surface area contributed by atoms with Gasteiger partial charge >= 0.3 is 0 Å². The minimum atomic E-state index is -0.268. The van der Waals surface area contributed by atoms with E-state index in [2.05, 4.69) is 20.9 Å². The molecule has 0 fully saturated rings. The quantitative estimate of drug-likeness (QED) is 0.253. The molecule has 0 saturated heterocycles. The van der Waals surface area contributed by atoms with Gasteiger partial charge in [-0.1, -0.05) is 18.2 Å². The Kier molecular flexibility index (Phi) is 7.32. The lowest BCUT2D eigenvalue weighted by atomic mass is 9.97. The molecule has 0 aliphatic carbocycles. The van der Waals surface area contributed by atoms with Gasteiger partial charge in [0.15, 0.2) is 23.0 Å². The molecule has 3 aromatic carbocycles. The van der Waals surface area contributed by atoms with Crippen molar-refractivity contribution in [1.29, 1.82) is 0 Å². The maximum absolute atomic E-state index is 13.0. The van der Waals surface area contributed by atoms with Crippen LogP contribution < -0.4 is 25.4 Å². The first-order chi connectivity index (χ1) is 19.4. The fourth-order valence-electron chi connectivity index (χ4n) is 4.48. The summed E-state index contributed by atoms with van der Waals surface area (Å²) in [6.45, 7) is 1.82. The third-order valence-corrected chi connectivity index (χ3v) is 6.38. The van der Waals surface area contributed by atoms with Crippen LogP contribution in [0.5, 0.6) is 11.5 Å². The third-order valence-electron chi connectivity index (χ3n) is 6.38. The van der Waals surface area contributed by atoms with Crippen LogP contribution in [0.4, 0.5) is 17.2 Å². The summed E-state index contributed by atoms with van der Waals surface area (Å²) in [4.78, 5) is 35.2. The summed E-state index contributed by atoms with van der Waals surface area (Å²) >= 11 is 0. The monoisotopic (exact) mass is 536 g/mol. The molecule has 0 radical (unpaired) electrons. The number of carbonyl (C=O) groups excluding carboxylic acids is 2. The number of nitrogens with one attached hydrogen (secondary N) is 3. The highest BCUT2D eigenvalue weighted by Crippen LogP contribution is 2.34. The van der Waals surface area contributed by atoms with E-state index < -0.39 is 0 Å². The van der Waals surface area contributed by atoms with E-state index in [9.17, 15) is 9.59 Å². The zero-order chi connectivity index (χ0) is 28.2. The number of hydrogen-bond acceptors (Lipinski definition) is 7. The van der Waals surface area contributed by atoms with Gasteiger partial charge in [-0.05, 0) is 48.9 Å². The minimum absolute atomic E-state index is 0.257. The van der Waals surface area contributed by atoms with Crippen LogP contribution in [0.2, 0.25) is 0 Å². The smallest absolute Gasteiger partial charge is 0.255 e. The summed E-state index contributed by atoms with van der Waals surface area (Å²) in [5.41, 5.74) is 4.54. The number of amides is 2. The number of ether oxygens (including phenoxy) is 2. The van der Waals surface area contributed by atoms with Crippen LogP contribution in [0, 0.1) is 6.92 Å². The van der Waals surface area contributed by atoms with Crippen LogP contribution in [-0.2, 0) is 0 Å². The summed E-state index contributed by atoms with van der Waals surface area (Å²) in [5, 5.41) is 8.97. The highest BCUT2D eigenvalue weighted by molar-refractivity contribution is 6.07. The first kappa shape index (κ1) is 26.2. The van der Waals surface area contributed by atoms with E-state index >= 15 is 0 Å². The number of fused-ring (bicyclic) bond motifs is 1. The van der Waals surface area contributed by atoms with E-state index in [1.807, 2.05) is 23.5 Å². The SMILES string of the molecule is CNC(=O)c1c(C)cc(NC(=O)c2ccccc2)cc1-c1cn2ccnc2c(Nc2ccc(OC)c(OC)c2)n1. The standard InChI is InChI=1S/C30H28N6O4/c1-18-14-21(34-29(37)19-8-6-5-7-9-19)15-22(26(18)30(38)31-2)23-17-36-13-12-32-28(36)27(35-23)33-20-10-11-24(39-3)25(16-20)40-4/h5-17H,1-4H3,(H,31,38)(H,33,35)(H,34,37). The second-order valence-corrected chi connectivity index (χ2v) is 8.94. The maximum atomic E-state index is 13.0. The molecule has 5 rings (SSSR count). The molecule has 0 aliphatic heterocycles. The van der Waals surface area contributed by atoms with E-state index in [-0.39, 0.29) is 11.8 Å². The number of imidazole rings is 1. The largest absolute Gasteiger partial charge is 0.493 e. The van der Waals surface area contributed by atoms with Gasteiger partial charge in [-0.25, -0.2) is 9.97 Å². The van der Waals surface area contributed by atoms with Crippen LogP contribution in [0.3, 0.4) is 0 Å². The van der Waals surface area contributed by atoms with Crippen molar-refractivity contribution in [2.75, 3.05) is 31.9 Å². The fraction of sp³-hybridized carbons (Fsp3) is 0.133. The number of carbonyl (C=O) groups is 2. The number of methoxy groups -OCH3 is 2. The van der Waals surface area contributed by atoms with Crippen molar-refractivity contribution in [3.8, 4) is 22.8 Å². The normalized spacial score (nSPS) is 10.7. The number of aromatic nitrogens is 3. The van der Waals surface area contributed by atoms with Crippen molar-refractivity contribution < 1.29 is 19.1 Å². The number of aryl methyl sites for hydroxylation is 1. The molecule has 0 unspecified atom stereocenters. The average molecular weight is 537 g/mol. The van der Waals surface area contributed by atoms with E-state index in [4.69, 9.17) is 14.5 Å². The molecule has 0 spiro atoms. The summed E-state index contributed by atoms with van der Waals surface area (Å²) in [6.07, 6.45) is 5.27. The Balaban J connectivity index is 1.61. The van der Waals surface area contributed by atoms with Crippen molar-refractivity contribution in [3.63, 3.8) is 0 Å². The number of anilines is 3. The van der Waals surface area contributed by atoms with Gasteiger partial charge in [-0.2, -0.15) is 0 Å². The number of benzene rings is 3. The first-order valence-electron chi connectivity index (χ1n) is 12.5. The van der Waals surface area contributed by atoms with Gasteiger partial charge in [0, 0.05) is 54.2 Å². The molecule has 2 aromatic heterocycles. The van der Waals surface area contributed by atoms with Gasteiger partial charge in [0.2, 0.25) is 0 Å². The average Bonchev–Trinajstić information content (AvgIpc) is 3.46. The van der Waals surface area contributed by atoms with E-state index in [0.29, 0.717) is 62.3 Å². The summed E-state index contributed by atoms with van der Waals surface area (Å²) in [7, 11) is 4.72. The van der Waals surface area contributed by atoms with Gasteiger partial charge < -0.3 is 29.8 Å². The molecule has 3 N–H and O–H groups in total. The molecule has 0 aliphatic rings. The summed E-state index contributed by atoms with van der Waals surface area (Å²) in [6, 6.07) is 17.9. The Morgan fingerprint density at radius 2 is 1.68 bits per heavy atom. The third kappa shape index (κ3) is 5.14. The zero-order valence-electron chi connectivity index (χ0n) is 22.5. The van der Waals surface area contributed by atoms with Gasteiger partial charge in [-0.15, -0.1) is 0 Å². The van der Waals surface area contributed by atoms with Crippen molar-refractivity contribution in [1.82, 2.24) is 19.7 Å². The van der Waals surface area contributed by atoms with Gasteiger partial charge in [0.25, 0.3) is 11.8 Å². The zero-order valence-corrected chi connectivity index (χ0v) is 22.5. The Bertz CT molecular complexity index is 1710. The molecule has 5 aromatic rings. The molecule has 10 nitrogen and oxygen atoms in total. The highest BCUT2D eigenvalue weighted by atomic mass is 16.5. The number of rotatable bonds is 8. The molecule has 202 valence electrons. The van der Waals surface area contributed by atoms with Crippen molar-refractivity contribution in [2.24, 2.45) is 0 Å². The van der Waals surface area contributed by atoms with E-state index in [1.165, 1.54) is 0 Å². The fourth-order valence-corrected chi connectivity index (χ4v) is 4.48. The molecule has 2 amide bonds. The second-order valence-electron chi connectivity index (χ2n) is 8.94. The predicted molar refractivity (Wildman–Crippen MR) is 154 cm³/mol. The van der Waals surface area contributed by atoms with E-state index in [0.717, 1.165) is 0 Å². The molecular formula is C30H28N6O4. The number of nitrogens with zero attached hydrogens (tertiary/aromatic N) is 3. The lowest BCUT2D eigenvalue weighted by molar-refractivity contribution is 0.0962. The lowest BCUT2D eigenvalue weighted by Crippen LogP contribution is -2.21. The highest BCUT2D eigenvalue weighted by Gasteiger charge is 2.20. The van der Waals surface area contributed by atoms with Crippen LogP contribution >= 0.6 is 0 Å². The molecule has 10 heteroatoms. The van der Waals surface area contributed by atoms with Crippen molar-refractivity contribution in [3.05, 3.63) is 95.9 Å². The van der Waals surface area contributed by atoms with E-state index in [1.54, 1.807) is 88.4 Å². The van der Waals surface area contributed by atoms with Crippen LogP contribution in [0.1, 0.15) is 26.3 Å². The molecule has 0 atom stereocenters. The molecule has 0 bridgehead atoms. The summed E-state index contributed by atoms with van der Waals surface area (Å²) < 4.78 is 12.6. The van der Waals surface area contributed by atoms with Crippen LogP contribution in [0.25, 0.3) is 16.9 Å². The Hall–Kier alpha value is -5.38. The second kappa shape index (κ2) is 11.2. The van der Waals surface area contributed by atoms with Crippen molar-refractivity contribution in [2.45, 2.75) is 6.92 Å². The molecule has 40 heavy (non-hydrogen) atoms. The van der Waals surface area contributed by atoms with Gasteiger partial charge in [0.05, 0.1) is 25.5 Å². The topological polar surface area (TPSA) is 119 Å². The van der Waals surface area contributed by atoms with Gasteiger partial charge in [-0.3, -0.25) is 9.59 Å². The molecular weight excluding hydrogens is 508 g/mol. The Morgan fingerprint density at radius 1 is 0.900 bits per heavy atom. The Morgan fingerprint density at radius 3 is 2.40 bits per heavy atom.